The molecule has 186 valence electrons. The van der Waals surface area contributed by atoms with Crippen LogP contribution in [0.4, 0.5) is 4.39 Å². The number of aryl methyl sites for hydroxylation is 1. The first-order valence-electron chi connectivity index (χ1n) is 12.5. The Balaban J connectivity index is 1.50. The molecule has 0 heterocycles. The average molecular weight is 571 g/mol. The molecule has 4 heteroatoms. The van der Waals surface area contributed by atoms with Gasteiger partial charge in [0, 0.05) is 0 Å². The summed E-state index contributed by atoms with van der Waals surface area (Å²) in [6, 6.07) is 47.0. The van der Waals surface area contributed by atoms with Crippen LogP contribution in [0.15, 0.2) is 140 Å². The average Bonchev–Trinajstić information content (AvgIpc) is 2.97. The van der Waals surface area contributed by atoms with Gasteiger partial charge in [-0.2, -0.15) is 0 Å². The quantitative estimate of drug-likeness (QED) is 0.162. The molecule has 0 spiro atoms. The predicted molar refractivity (Wildman–Crippen MR) is 160 cm³/mol. The first-order chi connectivity index (χ1) is 18.1. The number of para-hydroxylation sites is 1. The van der Waals surface area contributed by atoms with Crippen molar-refractivity contribution in [2.75, 3.05) is 6.16 Å². The van der Waals surface area contributed by atoms with Crippen molar-refractivity contribution in [2.24, 2.45) is 0 Å². The number of benzene rings is 5. The fourth-order valence-electron chi connectivity index (χ4n) is 5.03. The minimum atomic E-state index is -2.97. The van der Waals surface area contributed by atoms with Crippen molar-refractivity contribution in [1.82, 2.24) is 0 Å². The number of hydrogen-bond donors (Lipinski definition) is 0. The van der Waals surface area contributed by atoms with Crippen molar-refractivity contribution in [3.05, 3.63) is 151 Å². The SMILES string of the molecule is Fc1ccc(CCCP(Br)(c2ccccc2)(c2ccccc2)c2ccccc2)cc1Oc1ccccc1. The molecule has 5 aromatic rings. The number of halogens is 2. The topological polar surface area (TPSA) is 9.23 Å². The molecular weight excluding hydrogens is 542 g/mol. The van der Waals surface area contributed by atoms with Crippen molar-refractivity contribution in [1.29, 1.82) is 0 Å². The molecule has 0 saturated heterocycles. The van der Waals surface area contributed by atoms with Crippen molar-refractivity contribution in [3.63, 3.8) is 0 Å². The maximum absolute atomic E-state index is 14.6. The molecule has 0 fully saturated rings. The molecule has 0 aliphatic rings. The fourth-order valence-corrected chi connectivity index (χ4v) is 12.7. The van der Waals surface area contributed by atoms with E-state index in [1.54, 1.807) is 0 Å². The molecule has 0 saturated carbocycles. The van der Waals surface area contributed by atoms with Gasteiger partial charge in [-0.15, -0.1) is 0 Å². The standard InChI is InChI=1S/C33H29BrFOP/c34-37(29-17-7-2-8-18-29,30-19-9-3-10-20-30,31-21-11-4-12-22-31)25-13-14-27-23-24-32(35)33(26-27)36-28-15-5-1-6-16-28/h1-12,15-24,26H,13-14,25H2. The summed E-state index contributed by atoms with van der Waals surface area (Å²) in [6.07, 6.45) is 2.65. The van der Waals surface area contributed by atoms with E-state index in [0.29, 0.717) is 5.75 Å². The molecule has 0 bridgehead atoms. The Morgan fingerprint density at radius 2 is 1.05 bits per heavy atom. The second-order valence-corrected chi connectivity index (χ2v) is 18.3. The van der Waals surface area contributed by atoms with Crippen molar-refractivity contribution in [2.45, 2.75) is 12.8 Å². The van der Waals surface area contributed by atoms with Crippen molar-refractivity contribution in [3.8, 4) is 11.5 Å². The van der Waals surface area contributed by atoms with Gasteiger partial charge in [0.2, 0.25) is 0 Å². The second kappa shape index (κ2) is 11.0. The summed E-state index contributed by atoms with van der Waals surface area (Å²) < 4.78 is 20.4. The summed E-state index contributed by atoms with van der Waals surface area (Å²) in [7, 11) is 0. The van der Waals surface area contributed by atoms with Crippen molar-refractivity contribution < 1.29 is 9.13 Å². The van der Waals surface area contributed by atoms with Gasteiger partial charge in [0.15, 0.2) is 0 Å². The molecule has 0 amide bonds. The second-order valence-electron chi connectivity index (χ2n) is 9.20. The van der Waals surface area contributed by atoms with E-state index < -0.39 is 5.31 Å². The minimum absolute atomic E-state index is 0.259. The van der Waals surface area contributed by atoms with Crippen LogP contribution < -0.4 is 20.7 Å². The van der Waals surface area contributed by atoms with Crippen LogP contribution in [0.2, 0.25) is 0 Å². The van der Waals surface area contributed by atoms with E-state index in [1.165, 1.54) is 22.0 Å². The third-order valence-electron chi connectivity index (χ3n) is 6.89. The Morgan fingerprint density at radius 3 is 1.54 bits per heavy atom. The van der Waals surface area contributed by atoms with Crippen LogP contribution >= 0.6 is 20.8 Å². The summed E-state index contributed by atoms with van der Waals surface area (Å²) in [5, 5.41) is 0.938. The van der Waals surface area contributed by atoms with Gasteiger partial charge in [-0.3, -0.25) is 0 Å². The van der Waals surface area contributed by atoms with Crippen LogP contribution in [-0.4, -0.2) is 6.16 Å². The zero-order valence-corrected chi connectivity index (χ0v) is 23.0. The Labute approximate surface area is 226 Å². The molecule has 0 aliphatic heterocycles. The molecule has 1 nitrogen and oxygen atoms in total. The van der Waals surface area contributed by atoms with E-state index in [4.69, 9.17) is 4.74 Å². The van der Waals surface area contributed by atoms with Gasteiger partial charge in [-0.05, 0) is 0 Å². The summed E-state index contributed by atoms with van der Waals surface area (Å²) in [6.45, 7) is 0. The predicted octanol–water partition coefficient (Wildman–Crippen LogP) is 8.39. The Kier molecular flexibility index (Phi) is 7.55. The maximum atomic E-state index is 14.6. The van der Waals surface area contributed by atoms with Gasteiger partial charge in [-0.1, -0.05) is 0 Å². The summed E-state index contributed by atoms with van der Waals surface area (Å²) in [5.74, 6) is 0.529. The third-order valence-corrected chi connectivity index (χ3v) is 16.9. The van der Waals surface area contributed by atoms with Crippen LogP contribution in [0.5, 0.6) is 11.5 Å². The third kappa shape index (κ3) is 5.12. The summed E-state index contributed by atoms with van der Waals surface area (Å²) in [4.78, 5) is 0. The molecule has 0 aliphatic carbocycles. The van der Waals surface area contributed by atoms with Crippen LogP contribution in [-0.2, 0) is 6.42 Å². The molecular formula is C33H29BrFOP. The van der Waals surface area contributed by atoms with Gasteiger partial charge < -0.3 is 0 Å². The molecule has 5 rings (SSSR count). The van der Waals surface area contributed by atoms with Crippen LogP contribution in [0.1, 0.15) is 12.0 Å². The monoisotopic (exact) mass is 570 g/mol. The molecule has 0 radical (unpaired) electrons. The van der Waals surface area contributed by atoms with Gasteiger partial charge in [0.25, 0.3) is 0 Å². The van der Waals surface area contributed by atoms with E-state index in [2.05, 4.69) is 106 Å². The van der Waals surface area contributed by atoms with Crippen molar-refractivity contribution >= 4 is 36.7 Å². The fraction of sp³-hybridized carbons (Fsp3) is 0.0909. The molecule has 0 atom stereocenters. The zero-order chi connectivity index (χ0) is 25.6. The first kappa shape index (κ1) is 25.4. The number of rotatable bonds is 9. The molecule has 5 aromatic carbocycles. The normalized spacial score (nSPS) is 12.4. The Morgan fingerprint density at radius 1 is 0.595 bits per heavy atom. The van der Waals surface area contributed by atoms with Crippen LogP contribution in [0.3, 0.4) is 0 Å². The van der Waals surface area contributed by atoms with E-state index >= 15 is 0 Å². The van der Waals surface area contributed by atoms with E-state index in [1.807, 2.05) is 42.5 Å². The van der Waals surface area contributed by atoms with Gasteiger partial charge in [0.05, 0.1) is 0 Å². The number of hydrogen-bond acceptors (Lipinski definition) is 1. The molecule has 0 N–H and O–H groups in total. The molecule has 37 heavy (non-hydrogen) atoms. The Bertz CT molecular complexity index is 1340. The zero-order valence-electron chi connectivity index (χ0n) is 20.5. The van der Waals surface area contributed by atoms with E-state index in [0.717, 1.165) is 24.6 Å². The van der Waals surface area contributed by atoms with Gasteiger partial charge in [-0.25, -0.2) is 0 Å². The summed E-state index contributed by atoms with van der Waals surface area (Å²) in [5.41, 5.74) is 1.05. The van der Waals surface area contributed by atoms with Crippen LogP contribution in [0, 0.1) is 5.82 Å². The van der Waals surface area contributed by atoms with E-state index in [9.17, 15) is 4.39 Å². The van der Waals surface area contributed by atoms with Crippen LogP contribution in [0.25, 0.3) is 0 Å². The molecule has 0 unspecified atom stereocenters. The molecule has 0 aromatic heterocycles. The summed E-state index contributed by atoms with van der Waals surface area (Å²) >= 11 is 4.51. The van der Waals surface area contributed by atoms with E-state index in [-0.39, 0.29) is 11.6 Å². The van der Waals surface area contributed by atoms with Gasteiger partial charge in [0.1, 0.15) is 0 Å². The number of ether oxygens (including phenoxy) is 1. The van der Waals surface area contributed by atoms with Gasteiger partial charge >= 0.3 is 227 Å². The Hall–Kier alpha value is -3.26. The first-order valence-corrected chi connectivity index (χ1v) is 16.9.